The Balaban J connectivity index is 0.000000184. The van der Waals surface area contributed by atoms with E-state index in [1.807, 2.05) is 37.3 Å². The van der Waals surface area contributed by atoms with Crippen LogP contribution in [0.1, 0.15) is 110 Å². The number of halogens is 2. The summed E-state index contributed by atoms with van der Waals surface area (Å²) in [5.74, 6) is 5.70. The first-order valence-corrected chi connectivity index (χ1v) is 20.2. The van der Waals surface area contributed by atoms with Crippen molar-refractivity contribution >= 4 is 34.9 Å². The van der Waals surface area contributed by atoms with E-state index in [-0.39, 0.29) is 41.1 Å². The summed E-state index contributed by atoms with van der Waals surface area (Å²) >= 11 is 0. The van der Waals surface area contributed by atoms with Gasteiger partial charge in [0.25, 0.3) is 12.3 Å². The molecule has 1 unspecified atom stereocenters. The number of aromatic nitrogens is 5. The molecule has 4 aromatic rings. The molecule has 3 amide bonds. The standard InChI is InChI=1S/C22H27F2N7O2.C20H24N2O3/c1-14-12-29(9-10-33-14)18-7-8-30-21(27-18)16(11-25-30)22(32)26-17-13-31(28-19(17)20(23)24)15-5-3-2-4-6-15;1-22-12-10-17(11-13-22)25-14-2-3-15-4-6-16(7-5-15)18-8-9-19(23)21-20(18)24/h7-8,11,13-15,20H,2-6,9-10,12H2,1H3,(H,26,32);4-7,17-18H,8-14H2,1H3,(H,21,23,24)/t14-;/m1./s1. The lowest BCUT2D eigenvalue weighted by Gasteiger charge is -2.31. The molecule has 6 heterocycles. The van der Waals surface area contributed by atoms with Gasteiger partial charge in [-0.1, -0.05) is 43.2 Å². The molecule has 0 bridgehead atoms. The van der Waals surface area contributed by atoms with Crippen molar-refractivity contribution in [3.63, 3.8) is 0 Å². The number of carbonyl (C=O) groups excluding carboxylic acids is 3. The minimum atomic E-state index is -2.79. The number of likely N-dealkylation sites (tertiary alicyclic amines) is 1. The molecule has 1 aromatic carbocycles. The second kappa shape index (κ2) is 19.0. The average Bonchev–Trinajstić information content (AvgIpc) is 3.86. The number of amides is 3. The van der Waals surface area contributed by atoms with Gasteiger partial charge in [0.1, 0.15) is 18.0 Å². The highest BCUT2D eigenvalue weighted by atomic mass is 19.3. The minimum Gasteiger partial charge on any atom is -0.375 e. The molecule has 1 aliphatic carbocycles. The van der Waals surface area contributed by atoms with Gasteiger partial charge >= 0.3 is 0 Å². The third kappa shape index (κ3) is 10.2. The lowest BCUT2D eigenvalue weighted by Crippen LogP contribution is -2.41. The van der Waals surface area contributed by atoms with Gasteiger partial charge in [-0.3, -0.25) is 24.4 Å². The Morgan fingerprint density at radius 1 is 1.05 bits per heavy atom. The number of hydrogen-bond acceptors (Lipinski definition) is 10. The highest BCUT2D eigenvalue weighted by Gasteiger charge is 2.28. The van der Waals surface area contributed by atoms with Crippen LogP contribution in [0.5, 0.6) is 0 Å². The topological polar surface area (TPSA) is 148 Å². The first-order chi connectivity index (χ1) is 28.1. The molecule has 0 spiro atoms. The van der Waals surface area contributed by atoms with Crippen LogP contribution in [0.3, 0.4) is 0 Å². The normalized spacial score (nSPS) is 20.9. The predicted octanol–water partition coefficient (Wildman–Crippen LogP) is 5.52. The van der Waals surface area contributed by atoms with E-state index in [4.69, 9.17) is 9.47 Å². The maximum absolute atomic E-state index is 13.7. The number of anilines is 2. The predicted molar refractivity (Wildman–Crippen MR) is 213 cm³/mol. The van der Waals surface area contributed by atoms with Gasteiger partial charge in [-0.2, -0.15) is 10.2 Å². The zero-order chi connectivity index (χ0) is 40.6. The lowest BCUT2D eigenvalue weighted by atomic mass is 9.90. The highest BCUT2D eigenvalue weighted by Crippen LogP contribution is 2.33. The highest BCUT2D eigenvalue weighted by molar-refractivity contribution is 6.08. The van der Waals surface area contributed by atoms with E-state index in [0.717, 1.165) is 69.2 Å². The van der Waals surface area contributed by atoms with Gasteiger partial charge in [-0.05, 0) is 69.8 Å². The number of hydrogen-bond donors (Lipinski definition) is 2. The number of rotatable bonds is 8. The lowest BCUT2D eigenvalue weighted by molar-refractivity contribution is -0.134. The van der Waals surface area contributed by atoms with Gasteiger partial charge in [0.15, 0.2) is 11.3 Å². The van der Waals surface area contributed by atoms with E-state index in [9.17, 15) is 23.2 Å². The van der Waals surface area contributed by atoms with Gasteiger partial charge in [0.05, 0.1) is 42.7 Å². The Morgan fingerprint density at radius 3 is 2.55 bits per heavy atom. The summed E-state index contributed by atoms with van der Waals surface area (Å²) in [4.78, 5) is 45.2. The number of nitrogens with zero attached hydrogens (tertiary/aromatic N) is 7. The monoisotopic (exact) mass is 799 g/mol. The number of alkyl halides is 2. The van der Waals surface area contributed by atoms with Crippen molar-refractivity contribution in [2.24, 2.45) is 0 Å². The minimum absolute atomic E-state index is 0.0260. The average molecular weight is 800 g/mol. The summed E-state index contributed by atoms with van der Waals surface area (Å²) in [6.45, 7) is 6.60. The summed E-state index contributed by atoms with van der Waals surface area (Å²) in [5, 5.41) is 13.3. The van der Waals surface area contributed by atoms with E-state index < -0.39 is 18.0 Å². The molecule has 3 aliphatic heterocycles. The van der Waals surface area contributed by atoms with Gasteiger partial charge in [0, 0.05) is 50.6 Å². The molecule has 4 aliphatic rings. The molecule has 2 atom stereocenters. The van der Waals surface area contributed by atoms with Crippen molar-refractivity contribution in [2.45, 2.75) is 95.3 Å². The van der Waals surface area contributed by atoms with E-state index in [0.29, 0.717) is 56.7 Å². The molecule has 8 rings (SSSR count). The van der Waals surface area contributed by atoms with Crippen LogP contribution in [-0.2, 0) is 19.1 Å². The first-order valence-electron chi connectivity index (χ1n) is 20.2. The quantitative estimate of drug-likeness (QED) is 0.173. The van der Waals surface area contributed by atoms with Crippen molar-refractivity contribution in [2.75, 3.05) is 56.7 Å². The van der Waals surface area contributed by atoms with Crippen LogP contribution in [-0.4, -0.2) is 106 Å². The van der Waals surface area contributed by atoms with Crippen molar-refractivity contribution in [3.8, 4) is 11.8 Å². The van der Waals surface area contributed by atoms with Crippen LogP contribution < -0.4 is 15.5 Å². The third-order valence-corrected chi connectivity index (χ3v) is 11.2. The number of nitrogens with one attached hydrogen (secondary N) is 2. The molecule has 3 aromatic heterocycles. The summed E-state index contributed by atoms with van der Waals surface area (Å²) in [5.41, 5.74) is 2.02. The van der Waals surface area contributed by atoms with Crippen molar-refractivity contribution in [1.82, 2.24) is 34.6 Å². The maximum atomic E-state index is 13.7. The van der Waals surface area contributed by atoms with E-state index >= 15 is 0 Å². The van der Waals surface area contributed by atoms with E-state index in [1.54, 1.807) is 10.9 Å². The van der Waals surface area contributed by atoms with Crippen LogP contribution in [0.4, 0.5) is 20.3 Å². The van der Waals surface area contributed by atoms with Crippen LogP contribution in [0.15, 0.2) is 48.9 Å². The summed E-state index contributed by atoms with van der Waals surface area (Å²) in [7, 11) is 2.13. The van der Waals surface area contributed by atoms with Crippen LogP contribution >= 0.6 is 0 Å². The summed E-state index contributed by atoms with van der Waals surface area (Å²) in [6, 6.07) is 9.59. The Morgan fingerprint density at radius 2 is 1.83 bits per heavy atom. The number of piperidine rings is 2. The molecule has 1 saturated carbocycles. The SMILES string of the molecule is CN1CCC(OCC#Cc2ccc(C3CCC(=O)NC3=O)cc2)CC1.C[C@@H]1CN(c2ccn3ncc(C(=O)Nc4cn(C5CCCCC5)nc4C(F)F)c3n2)CCO1. The van der Waals surface area contributed by atoms with Crippen LogP contribution in [0, 0.1) is 11.8 Å². The number of fused-ring (bicyclic) bond motifs is 1. The second-order valence-electron chi connectivity index (χ2n) is 15.4. The fourth-order valence-corrected chi connectivity index (χ4v) is 7.87. The molecule has 308 valence electrons. The van der Waals surface area contributed by atoms with E-state index in [1.165, 1.54) is 16.9 Å². The maximum Gasteiger partial charge on any atom is 0.284 e. The molecule has 16 heteroatoms. The smallest absolute Gasteiger partial charge is 0.284 e. The van der Waals surface area contributed by atoms with E-state index in [2.05, 4.69) is 54.5 Å². The zero-order valence-electron chi connectivity index (χ0n) is 33.0. The fraction of sp³-hybridized carbons (Fsp3) is 0.524. The number of carbonyl (C=O) groups is 3. The van der Waals surface area contributed by atoms with Gasteiger partial charge < -0.3 is 24.6 Å². The number of benzene rings is 1. The summed E-state index contributed by atoms with van der Waals surface area (Å²) in [6.07, 6.45) is 10.4. The van der Waals surface area contributed by atoms with Crippen molar-refractivity contribution in [1.29, 1.82) is 0 Å². The molecular weight excluding hydrogens is 749 g/mol. The van der Waals surface area contributed by atoms with Crippen LogP contribution in [0.25, 0.3) is 5.65 Å². The number of imide groups is 1. The molecule has 58 heavy (non-hydrogen) atoms. The first kappa shape index (κ1) is 40.9. The van der Waals surface area contributed by atoms with Crippen molar-refractivity contribution < 1.29 is 32.6 Å². The Hall–Kier alpha value is -5.24. The fourth-order valence-electron chi connectivity index (χ4n) is 7.87. The van der Waals surface area contributed by atoms with Gasteiger partial charge in [0.2, 0.25) is 11.8 Å². The zero-order valence-corrected chi connectivity index (χ0v) is 33.0. The largest absolute Gasteiger partial charge is 0.375 e. The Labute approximate surface area is 336 Å². The van der Waals surface area contributed by atoms with Gasteiger partial charge in [-0.25, -0.2) is 18.3 Å². The number of morpholine rings is 1. The second-order valence-corrected chi connectivity index (χ2v) is 15.4. The third-order valence-electron chi connectivity index (χ3n) is 11.2. The van der Waals surface area contributed by atoms with Crippen LogP contribution in [0.2, 0.25) is 0 Å². The summed E-state index contributed by atoms with van der Waals surface area (Å²) < 4.78 is 41.8. The molecule has 4 fully saturated rings. The molecule has 2 N–H and O–H groups in total. The number of ether oxygens (including phenoxy) is 2. The Bertz CT molecular complexity index is 2110. The van der Waals surface area contributed by atoms with Crippen molar-refractivity contribution in [3.05, 3.63) is 71.3 Å². The Kier molecular flexibility index (Phi) is 13.4. The molecule has 14 nitrogen and oxygen atoms in total. The molecule has 3 saturated heterocycles. The molecule has 0 radical (unpaired) electrons. The van der Waals surface area contributed by atoms with Gasteiger partial charge in [-0.15, -0.1) is 0 Å². The molecular formula is C42H51F2N9O5.